The summed E-state index contributed by atoms with van der Waals surface area (Å²) in [6.45, 7) is 4.08. The van der Waals surface area contributed by atoms with Crippen LogP contribution >= 0.6 is 0 Å². The molecule has 0 unspecified atom stereocenters. The number of rotatable bonds is 4. The van der Waals surface area contributed by atoms with Crippen molar-refractivity contribution in [2.45, 2.75) is 13.8 Å². The molecule has 3 heteroatoms. The molecular formula is C19H18O3. The molecule has 0 heterocycles. The molecule has 3 nitrogen and oxygen atoms in total. The van der Waals surface area contributed by atoms with Crippen LogP contribution in [0, 0.1) is 19.3 Å². The van der Waals surface area contributed by atoms with Gasteiger partial charge in [-0.2, -0.15) is 0 Å². The van der Waals surface area contributed by atoms with E-state index in [1.54, 1.807) is 20.1 Å². The zero-order chi connectivity index (χ0) is 16.1. The number of aryl methyl sites for hydroxylation is 1. The molecule has 0 saturated heterocycles. The van der Waals surface area contributed by atoms with Crippen molar-refractivity contribution in [1.29, 1.82) is 0 Å². The van der Waals surface area contributed by atoms with Crippen LogP contribution in [-0.2, 0) is 4.74 Å². The highest BCUT2D eigenvalue weighted by atomic mass is 16.5. The Bertz CT molecular complexity index is 722. The van der Waals surface area contributed by atoms with Gasteiger partial charge in [-0.15, -0.1) is 6.42 Å². The molecule has 0 aliphatic carbocycles. The summed E-state index contributed by atoms with van der Waals surface area (Å²) in [6, 6.07) is 11.5. The number of carbonyl (C=O) groups is 1. The third-order valence-corrected chi connectivity index (χ3v) is 3.36. The summed E-state index contributed by atoms with van der Waals surface area (Å²) in [4.78, 5) is 12.0. The molecule has 0 atom stereocenters. The molecule has 0 radical (unpaired) electrons. The second-order valence-corrected chi connectivity index (χ2v) is 4.80. The minimum absolute atomic E-state index is 0.297. The third kappa shape index (κ3) is 2.96. The molecule has 0 aliphatic heterocycles. The van der Waals surface area contributed by atoms with E-state index in [0.29, 0.717) is 23.5 Å². The maximum absolute atomic E-state index is 12.0. The van der Waals surface area contributed by atoms with Crippen molar-refractivity contribution in [2.24, 2.45) is 0 Å². The minimum atomic E-state index is -0.441. The lowest BCUT2D eigenvalue weighted by atomic mass is 9.97. The smallest absolute Gasteiger partial charge is 0.339 e. The van der Waals surface area contributed by atoms with Gasteiger partial charge in [0.2, 0.25) is 0 Å². The molecule has 0 fully saturated rings. The fourth-order valence-electron chi connectivity index (χ4n) is 2.28. The van der Waals surface area contributed by atoms with Crippen molar-refractivity contribution < 1.29 is 14.3 Å². The van der Waals surface area contributed by atoms with Gasteiger partial charge in [0.05, 0.1) is 24.8 Å². The van der Waals surface area contributed by atoms with Crippen LogP contribution in [0.15, 0.2) is 36.4 Å². The summed E-state index contributed by atoms with van der Waals surface area (Å²) < 4.78 is 10.5. The minimum Gasteiger partial charge on any atom is -0.495 e. The Kier molecular flexibility index (Phi) is 4.85. The van der Waals surface area contributed by atoms with Crippen LogP contribution in [0.1, 0.15) is 28.4 Å². The lowest BCUT2D eigenvalue weighted by molar-refractivity contribution is 0.0525. The molecule has 0 amide bonds. The number of esters is 1. The van der Waals surface area contributed by atoms with E-state index in [1.165, 1.54) is 5.56 Å². The Balaban J connectivity index is 2.61. The summed E-state index contributed by atoms with van der Waals surface area (Å²) in [7, 11) is 1.54. The first kappa shape index (κ1) is 15.7. The molecule has 0 spiro atoms. The Hall–Kier alpha value is -2.73. The van der Waals surface area contributed by atoms with Crippen molar-refractivity contribution in [3.63, 3.8) is 0 Å². The molecule has 0 N–H and O–H groups in total. The lowest BCUT2D eigenvalue weighted by Crippen LogP contribution is -2.08. The van der Waals surface area contributed by atoms with Gasteiger partial charge in [-0.05, 0) is 31.5 Å². The number of methoxy groups -OCH3 is 1. The molecule has 0 saturated carbocycles. The summed E-state index contributed by atoms with van der Waals surface area (Å²) in [5.74, 6) is 2.62. The van der Waals surface area contributed by atoms with E-state index in [4.69, 9.17) is 15.9 Å². The zero-order valence-electron chi connectivity index (χ0n) is 13.0. The van der Waals surface area contributed by atoms with Crippen LogP contribution in [-0.4, -0.2) is 19.7 Å². The second kappa shape index (κ2) is 6.82. The van der Waals surface area contributed by atoms with Gasteiger partial charge in [-0.25, -0.2) is 4.79 Å². The maximum Gasteiger partial charge on any atom is 0.339 e. The molecule has 2 aromatic carbocycles. The van der Waals surface area contributed by atoms with Crippen molar-refractivity contribution in [2.75, 3.05) is 13.7 Å². The molecule has 0 aliphatic rings. The van der Waals surface area contributed by atoms with Crippen molar-refractivity contribution in [1.82, 2.24) is 0 Å². The first-order valence-electron chi connectivity index (χ1n) is 7.04. The van der Waals surface area contributed by atoms with Crippen molar-refractivity contribution in [3.05, 3.63) is 53.1 Å². The molecule has 2 rings (SSSR count). The average molecular weight is 294 g/mol. The monoisotopic (exact) mass is 294 g/mol. The second-order valence-electron chi connectivity index (χ2n) is 4.80. The topological polar surface area (TPSA) is 35.5 Å². The van der Waals surface area contributed by atoms with Gasteiger partial charge in [-0.1, -0.05) is 35.7 Å². The predicted molar refractivity (Wildman–Crippen MR) is 87.1 cm³/mol. The summed E-state index contributed by atoms with van der Waals surface area (Å²) in [5.41, 5.74) is 3.76. The van der Waals surface area contributed by atoms with Gasteiger partial charge >= 0.3 is 5.97 Å². The van der Waals surface area contributed by atoms with E-state index >= 15 is 0 Å². The maximum atomic E-state index is 12.0. The van der Waals surface area contributed by atoms with Gasteiger partial charge in [-0.3, -0.25) is 0 Å². The van der Waals surface area contributed by atoms with Crippen LogP contribution in [0.3, 0.4) is 0 Å². The third-order valence-electron chi connectivity index (χ3n) is 3.36. The fourth-order valence-corrected chi connectivity index (χ4v) is 2.28. The molecular weight excluding hydrogens is 276 g/mol. The first-order valence-corrected chi connectivity index (χ1v) is 7.04. The van der Waals surface area contributed by atoms with Gasteiger partial charge in [0.15, 0.2) is 0 Å². The Morgan fingerprint density at radius 1 is 1.18 bits per heavy atom. The summed E-state index contributed by atoms with van der Waals surface area (Å²) >= 11 is 0. The van der Waals surface area contributed by atoms with Crippen molar-refractivity contribution in [3.8, 4) is 29.2 Å². The highest BCUT2D eigenvalue weighted by Gasteiger charge is 2.19. The molecule has 2 aromatic rings. The number of hydrogen-bond donors (Lipinski definition) is 0. The predicted octanol–water partition coefficient (Wildman–Crippen LogP) is 3.83. The van der Waals surface area contributed by atoms with Crippen LogP contribution in [0.4, 0.5) is 0 Å². The van der Waals surface area contributed by atoms with Gasteiger partial charge in [0, 0.05) is 5.56 Å². The highest BCUT2D eigenvalue weighted by Crippen LogP contribution is 2.35. The number of hydrogen-bond acceptors (Lipinski definition) is 3. The summed E-state index contributed by atoms with van der Waals surface area (Å²) in [6.07, 6.45) is 5.59. The normalized spacial score (nSPS) is 9.91. The zero-order valence-corrected chi connectivity index (χ0v) is 13.0. The van der Waals surface area contributed by atoms with Crippen LogP contribution < -0.4 is 4.74 Å². The van der Waals surface area contributed by atoms with Crippen LogP contribution in [0.25, 0.3) is 11.1 Å². The van der Waals surface area contributed by atoms with Crippen LogP contribution in [0.5, 0.6) is 5.75 Å². The fraction of sp³-hybridized carbons (Fsp3) is 0.211. The van der Waals surface area contributed by atoms with Gasteiger partial charge in [0.25, 0.3) is 0 Å². The Labute approximate surface area is 130 Å². The van der Waals surface area contributed by atoms with Crippen LogP contribution in [0.2, 0.25) is 0 Å². The quantitative estimate of drug-likeness (QED) is 0.635. The van der Waals surface area contributed by atoms with E-state index in [9.17, 15) is 4.79 Å². The van der Waals surface area contributed by atoms with Gasteiger partial charge < -0.3 is 9.47 Å². The van der Waals surface area contributed by atoms with Gasteiger partial charge in [0.1, 0.15) is 5.75 Å². The number of terminal acetylenes is 1. The van der Waals surface area contributed by atoms with Crippen molar-refractivity contribution >= 4 is 5.97 Å². The van der Waals surface area contributed by atoms with E-state index in [-0.39, 0.29) is 0 Å². The van der Waals surface area contributed by atoms with E-state index in [1.807, 2.05) is 37.3 Å². The number of carbonyl (C=O) groups excluding carboxylic acids is 1. The Morgan fingerprint density at radius 2 is 1.86 bits per heavy atom. The molecule has 22 heavy (non-hydrogen) atoms. The van der Waals surface area contributed by atoms with E-state index in [0.717, 1.165) is 11.1 Å². The molecule has 112 valence electrons. The lowest BCUT2D eigenvalue weighted by Gasteiger charge is -2.14. The standard InChI is InChI=1S/C19H18O3/c1-5-15-17(19(20)22-6-2)12-11-16(18(15)21-4)14-9-7-13(3)8-10-14/h1,7-12H,6H2,2-4H3. The average Bonchev–Trinajstić information content (AvgIpc) is 2.54. The number of benzene rings is 2. The Morgan fingerprint density at radius 3 is 2.41 bits per heavy atom. The summed E-state index contributed by atoms with van der Waals surface area (Å²) in [5, 5.41) is 0. The highest BCUT2D eigenvalue weighted by molar-refractivity contribution is 5.95. The van der Waals surface area contributed by atoms with E-state index < -0.39 is 5.97 Å². The largest absolute Gasteiger partial charge is 0.495 e. The SMILES string of the molecule is C#Cc1c(C(=O)OCC)ccc(-c2ccc(C)cc2)c1OC. The first-order chi connectivity index (χ1) is 10.6. The number of ether oxygens (including phenoxy) is 2. The molecule has 0 bridgehead atoms. The molecule has 0 aromatic heterocycles. The van der Waals surface area contributed by atoms with E-state index in [2.05, 4.69) is 5.92 Å².